The molecule has 2 heteroatoms. The third-order valence-corrected chi connectivity index (χ3v) is 4.13. The Morgan fingerprint density at radius 2 is 1.89 bits per heavy atom. The maximum Gasteiger partial charge on any atom is 0.0702 e. The highest BCUT2D eigenvalue weighted by molar-refractivity contribution is 5.78. The van der Waals surface area contributed by atoms with Crippen molar-refractivity contribution in [3.63, 3.8) is 0 Å². The number of aromatic nitrogens is 1. The molecule has 0 amide bonds. The Bertz CT molecular complexity index is 554. The van der Waals surface area contributed by atoms with Crippen LogP contribution in [0.4, 0.5) is 0 Å². The third kappa shape index (κ3) is 3.32. The minimum atomic E-state index is 0.0614. The summed E-state index contributed by atoms with van der Waals surface area (Å²) in [5.74, 6) is 0.578. The van der Waals surface area contributed by atoms with Gasteiger partial charge in [-0.05, 0) is 35.4 Å². The second-order valence-corrected chi connectivity index (χ2v) is 6.57. The van der Waals surface area contributed by atoms with Crippen molar-refractivity contribution < 1.29 is 0 Å². The van der Waals surface area contributed by atoms with Gasteiger partial charge >= 0.3 is 0 Å². The van der Waals surface area contributed by atoms with Gasteiger partial charge in [-0.3, -0.25) is 4.98 Å². The summed E-state index contributed by atoms with van der Waals surface area (Å²) in [6, 6.07) is 10.4. The quantitative estimate of drug-likeness (QED) is 0.889. The van der Waals surface area contributed by atoms with E-state index >= 15 is 0 Å². The predicted octanol–water partition coefficient (Wildman–Crippen LogP) is 4.31. The molecule has 0 bridgehead atoms. The van der Waals surface area contributed by atoms with Crippen LogP contribution in [-0.2, 0) is 0 Å². The summed E-state index contributed by atoms with van der Waals surface area (Å²) >= 11 is 0. The van der Waals surface area contributed by atoms with Crippen molar-refractivity contribution in [2.45, 2.75) is 40.2 Å². The lowest BCUT2D eigenvalue weighted by atomic mass is 9.78. The minimum Gasteiger partial charge on any atom is -0.324 e. The Morgan fingerprint density at radius 1 is 1.21 bits per heavy atom. The van der Waals surface area contributed by atoms with E-state index in [1.165, 1.54) is 5.39 Å². The fourth-order valence-corrected chi connectivity index (χ4v) is 2.16. The molecular formula is C17H24N2. The molecule has 1 aromatic carbocycles. The summed E-state index contributed by atoms with van der Waals surface area (Å²) < 4.78 is 0. The highest BCUT2D eigenvalue weighted by Crippen LogP contribution is 2.32. The zero-order chi connectivity index (χ0) is 14.0. The molecule has 0 fully saturated rings. The Labute approximate surface area is 116 Å². The van der Waals surface area contributed by atoms with E-state index in [1.807, 2.05) is 24.4 Å². The van der Waals surface area contributed by atoms with Crippen molar-refractivity contribution in [1.82, 2.24) is 4.98 Å². The zero-order valence-corrected chi connectivity index (χ0v) is 12.4. The van der Waals surface area contributed by atoms with E-state index in [4.69, 9.17) is 5.73 Å². The monoisotopic (exact) mass is 256 g/mol. The Hall–Kier alpha value is -1.41. The number of nitrogens with two attached hydrogens (primary N) is 1. The topological polar surface area (TPSA) is 38.9 Å². The molecule has 19 heavy (non-hydrogen) atoms. The van der Waals surface area contributed by atoms with Crippen LogP contribution in [-0.4, -0.2) is 4.98 Å². The highest BCUT2D eigenvalue weighted by Gasteiger charge is 2.22. The smallest absolute Gasteiger partial charge is 0.0702 e. The first-order chi connectivity index (χ1) is 8.88. The molecule has 0 aliphatic heterocycles. The van der Waals surface area contributed by atoms with Crippen LogP contribution in [0.3, 0.4) is 0 Å². The van der Waals surface area contributed by atoms with Crippen LogP contribution < -0.4 is 5.73 Å². The van der Waals surface area contributed by atoms with Gasteiger partial charge in [0.15, 0.2) is 0 Å². The minimum absolute atomic E-state index is 0.0614. The zero-order valence-electron chi connectivity index (χ0n) is 12.4. The first-order valence-electron chi connectivity index (χ1n) is 6.98. The van der Waals surface area contributed by atoms with Crippen LogP contribution >= 0.6 is 0 Å². The molecule has 2 rings (SSSR count). The number of fused-ring (bicyclic) bond motifs is 1. The van der Waals surface area contributed by atoms with Gasteiger partial charge in [-0.25, -0.2) is 0 Å². The van der Waals surface area contributed by atoms with E-state index in [9.17, 15) is 0 Å². The Kier molecular flexibility index (Phi) is 3.91. The van der Waals surface area contributed by atoms with Gasteiger partial charge in [0.25, 0.3) is 0 Å². The average molecular weight is 256 g/mol. The Balaban J connectivity index is 2.19. The van der Waals surface area contributed by atoms with Crippen molar-refractivity contribution in [2.24, 2.45) is 17.1 Å². The maximum atomic E-state index is 6.34. The summed E-state index contributed by atoms with van der Waals surface area (Å²) in [6.45, 7) is 9.07. The lowest BCUT2D eigenvalue weighted by molar-refractivity contribution is 0.234. The van der Waals surface area contributed by atoms with E-state index in [0.29, 0.717) is 11.3 Å². The number of para-hydroxylation sites is 1. The first-order valence-corrected chi connectivity index (χ1v) is 6.98. The molecule has 2 nitrogen and oxygen atoms in total. The summed E-state index contributed by atoms with van der Waals surface area (Å²) in [6.07, 6.45) is 2.91. The van der Waals surface area contributed by atoms with Gasteiger partial charge in [0.2, 0.25) is 0 Å². The SMILES string of the molecule is CC(CC(N)c1cnc2ccccc2c1)C(C)(C)C. The summed E-state index contributed by atoms with van der Waals surface area (Å²) in [4.78, 5) is 4.49. The largest absolute Gasteiger partial charge is 0.324 e. The van der Waals surface area contributed by atoms with Gasteiger partial charge in [-0.1, -0.05) is 45.9 Å². The number of rotatable bonds is 3. The molecule has 0 aliphatic rings. The van der Waals surface area contributed by atoms with Gasteiger partial charge in [0.05, 0.1) is 5.52 Å². The van der Waals surface area contributed by atoms with Crippen LogP contribution in [0.25, 0.3) is 10.9 Å². The number of nitrogens with zero attached hydrogens (tertiary/aromatic N) is 1. The molecule has 2 N–H and O–H groups in total. The van der Waals surface area contributed by atoms with Crippen molar-refractivity contribution in [3.8, 4) is 0 Å². The van der Waals surface area contributed by atoms with Crippen LogP contribution in [0.1, 0.15) is 45.7 Å². The van der Waals surface area contributed by atoms with Crippen LogP contribution in [0.2, 0.25) is 0 Å². The van der Waals surface area contributed by atoms with Gasteiger partial charge in [-0.2, -0.15) is 0 Å². The van der Waals surface area contributed by atoms with Gasteiger partial charge in [0.1, 0.15) is 0 Å². The molecule has 0 aliphatic carbocycles. The van der Waals surface area contributed by atoms with E-state index < -0.39 is 0 Å². The molecule has 0 spiro atoms. The van der Waals surface area contributed by atoms with Gasteiger partial charge < -0.3 is 5.73 Å². The number of pyridine rings is 1. The summed E-state index contributed by atoms with van der Waals surface area (Å²) in [5.41, 5.74) is 8.80. The summed E-state index contributed by atoms with van der Waals surface area (Å²) in [5, 5.41) is 1.17. The van der Waals surface area contributed by atoms with Crippen LogP contribution in [0.15, 0.2) is 36.5 Å². The van der Waals surface area contributed by atoms with E-state index in [0.717, 1.165) is 17.5 Å². The lowest BCUT2D eigenvalue weighted by Gasteiger charge is -2.29. The van der Waals surface area contributed by atoms with E-state index in [2.05, 4.69) is 44.8 Å². The van der Waals surface area contributed by atoms with E-state index in [1.54, 1.807) is 0 Å². The number of hydrogen-bond donors (Lipinski definition) is 1. The van der Waals surface area contributed by atoms with Crippen LogP contribution in [0.5, 0.6) is 0 Å². The van der Waals surface area contributed by atoms with Crippen molar-refractivity contribution >= 4 is 10.9 Å². The average Bonchev–Trinajstić information content (AvgIpc) is 2.37. The molecule has 0 radical (unpaired) electrons. The van der Waals surface area contributed by atoms with Gasteiger partial charge in [0, 0.05) is 17.6 Å². The van der Waals surface area contributed by atoms with E-state index in [-0.39, 0.29) is 6.04 Å². The molecule has 0 saturated heterocycles. The second kappa shape index (κ2) is 5.30. The number of hydrogen-bond acceptors (Lipinski definition) is 2. The number of benzene rings is 1. The molecule has 2 aromatic rings. The molecule has 1 heterocycles. The molecule has 2 atom stereocenters. The maximum absolute atomic E-state index is 6.34. The predicted molar refractivity (Wildman–Crippen MR) is 81.9 cm³/mol. The third-order valence-electron chi connectivity index (χ3n) is 4.13. The first kappa shape index (κ1) is 14.0. The standard InChI is InChI=1S/C17H24N2/c1-12(17(2,3)4)9-15(18)14-10-13-7-5-6-8-16(13)19-11-14/h5-8,10-12,15H,9,18H2,1-4H3. The van der Waals surface area contributed by atoms with Crippen molar-refractivity contribution in [3.05, 3.63) is 42.1 Å². The van der Waals surface area contributed by atoms with Crippen LogP contribution in [0, 0.1) is 11.3 Å². The lowest BCUT2D eigenvalue weighted by Crippen LogP contribution is -2.23. The molecule has 102 valence electrons. The van der Waals surface area contributed by atoms with Crippen molar-refractivity contribution in [1.29, 1.82) is 0 Å². The van der Waals surface area contributed by atoms with Crippen molar-refractivity contribution in [2.75, 3.05) is 0 Å². The fraction of sp³-hybridized carbons (Fsp3) is 0.471. The normalized spacial score (nSPS) is 15.4. The molecule has 1 aromatic heterocycles. The highest BCUT2D eigenvalue weighted by atomic mass is 14.7. The Morgan fingerprint density at radius 3 is 2.58 bits per heavy atom. The molecule has 0 saturated carbocycles. The second-order valence-electron chi connectivity index (χ2n) is 6.57. The fourth-order valence-electron chi connectivity index (χ4n) is 2.16. The summed E-state index contributed by atoms with van der Waals surface area (Å²) in [7, 11) is 0. The van der Waals surface area contributed by atoms with Gasteiger partial charge in [-0.15, -0.1) is 0 Å². The molecule has 2 unspecified atom stereocenters. The molecular weight excluding hydrogens is 232 g/mol.